The third-order valence-corrected chi connectivity index (χ3v) is 2.30. The standard InChI is InChI=1S/C9H12N2O3/c1-3-11-8(13)6(4-12)5(2)7(10)9(11)14/h8,13H,3,10H2,1-2H3. The second-order valence-corrected chi connectivity index (χ2v) is 3.02. The minimum atomic E-state index is -1.22. The van der Waals surface area contributed by atoms with Crippen molar-refractivity contribution in [2.45, 2.75) is 20.1 Å². The fourth-order valence-corrected chi connectivity index (χ4v) is 1.37. The fraction of sp³-hybridized carbons (Fsp3) is 0.444. The van der Waals surface area contributed by atoms with Gasteiger partial charge in [-0.25, -0.2) is 4.79 Å². The summed E-state index contributed by atoms with van der Waals surface area (Å²) in [6, 6.07) is 0. The lowest BCUT2D eigenvalue weighted by Crippen LogP contribution is -2.47. The van der Waals surface area contributed by atoms with Crippen molar-refractivity contribution in [3.8, 4) is 0 Å². The Kier molecular flexibility index (Phi) is 2.74. The highest BCUT2D eigenvalue weighted by atomic mass is 16.3. The maximum absolute atomic E-state index is 11.5. The molecule has 1 aliphatic heterocycles. The van der Waals surface area contributed by atoms with E-state index in [9.17, 15) is 14.7 Å². The highest BCUT2D eigenvalue weighted by molar-refractivity contribution is 5.97. The fourth-order valence-electron chi connectivity index (χ4n) is 1.37. The van der Waals surface area contributed by atoms with Gasteiger partial charge >= 0.3 is 0 Å². The molecule has 1 rings (SSSR count). The molecule has 1 amide bonds. The normalized spacial score (nSPS) is 22.8. The molecule has 3 N–H and O–H groups in total. The quantitative estimate of drug-likeness (QED) is 0.535. The molecule has 1 unspecified atom stereocenters. The molecule has 5 nitrogen and oxygen atoms in total. The van der Waals surface area contributed by atoms with Crippen LogP contribution < -0.4 is 5.73 Å². The van der Waals surface area contributed by atoms with Crippen LogP contribution in [-0.2, 0) is 9.59 Å². The summed E-state index contributed by atoms with van der Waals surface area (Å²) in [5.41, 5.74) is 5.83. The summed E-state index contributed by atoms with van der Waals surface area (Å²) in [6.07, 6.45) is -1.22. The monoisotopic (exact) mass is 196 g/mol. The topological polar surface area (TPSA) is 83.6 Å². The molecular formula is C9H12N2O3. The van der Waals surface area contributed by atoms with E-state index in [2.05, 4.69) is 0 Å². The molecule has 0 saturated carbocycles. The molecule has 5 heteroatoms. The van der Waals surface area contributed by atoms with Gasteiger partial charge in [0.25, 0.3) is 5.91 Å². The van der Waals surface area contributed by atoms with Crippen molar-refractivity contribution in [1.29, 1.82) is 0 Å². The highest BCUT2D eigenvalue weighted by Crippen LogP contribution is 2.23. The van der Waals surface area contributed by atoms with Crippen molar-refractivity contribution in [3.63, 3.8) is 0 Å². The van der Waals surface area contributed by atoms with Crippen LogP contribution in [0, 0.1) is 0 Å². The summed E-state index contributed by atoms with van der Waals surface area (Å²) in [6.45, 7) is 3.50. The second kappa shape index (κ2) is 3.65. The van der Waals surface area contributed by atoms with E-state index < -0.39 is 12.1 Å². The lowest BCUT2D eigenvalue weighted by atomic mass is 10.00. The van der Waals surface area contributed by atoms with Crippen LogP contribution in [0.5, 0.6) is 0 Å². The predicted molar refractivity (Wildman–Crippen MR) is 49.5 cm³/mol. The average Bonchev–Trinajstić information content (AvgIpc) is 2.16. The molecule has 1 heterocycles. The number of amides is 1. The van der Waals surface area contributed by atoms with Crippen LogP contribution in [0.1, 0.15) is 13.8 Å². The highest BCUT2D eigenvalue weighted by Gasteiger charge is 2.33. The average molecular weight is 196 g/mol. The van der Waals surface area contributed by atoms with Crippen molar-refractivity contribution >= 4 is 11.8 Å². The van der Waals surface area contributed by atoms with E-state index in [-0.39, 0.29) is 11.3 Å². The van der Waals surface area contributed by atoms with Crippen LogP contribution in [0.3, 0.4) is 0 Å². The van der Waals surface area contributed by atoms with Gasteiger partial charge in [-0.2, -0.15) is 0 Å². The molecule has 0 fully saturated rings. The molecule has 0 aliphatic carbocycles. The van der Waals surface area contributed by atoms with Crippen LogP contribution in [0.15, 0.2) is 16.8 Å². The van der Waals surface area contributed by atoms with Crippen molar-refractivity contribution in [2.75, 3.05) is 6.54 Å². The van der Waals surface area contributed by atoms with E-state index in [1.807, 2.05) is 0 Å². The number of carbonyl (C=O) groups is 1. The first-order valence-corrected chi connectivity index (χ1v) is 4.25. The van der Waals surface area contributed by atoms with E-state index in [1.54, 1.807) is 12.9 Å². The number of rotatable bonds is 1. The summed E-state index contributed by atoms with van der Waals surface area (Å²) >= 11 is 0. The zero-order valence-electron chi connectivity index (χ0n) is 8.07. The Labute approximate surface area is 81.5 Å². The molecule has 0 bridgehead atoms. The van der Waals surface area contributed by atoms with Gasteiger partial charge in [-0.05, 0) is 19.4 Å². The van der Waals surface area contributed by atoms with Gasteiger partial charge in [0.1, 0.15) is 11.6 Å². The van der Waals surface area contributed by atoms with E-state index in [0.29, 0.717) is 12.1 Å². The van der Waals surface area contributed by atoms with Gasteiger partial charge in [0.15, 0.2) is 6.23 Å². The molecule has 14 heavy (non-hydrogen) atoms. The Morgan fingerprint density at radius 2 is 2.21 bits per heavy atom. The third kappa shape index (κ3) is 1.32. The van der Waals surface area contributed by atoms with Crippen molar-refractivity contribution in [2.24, 2.45) is 5.73 Å². The Morgan fingerprint density at radius 3 is 2.64 bits per heavy atom. The van der Waals surface area contributed by atoms with Gasteiger partial charge in [-0.15, -0.1) is 0 Å². The Morgan fingerprint density at radius 1 is 1.64 bits per heavy atom. The number of hydrogen-bond acceptors (Lipinski definition) is 4. The van der Waals surface area contributed by atoms with Gasteiger partial charge < -0.3 is 15.7 Å². The maximum Gasteiger partial charge on any atom is 0.272 e. The van der Waals surface area contributed by atoms with Crippen LogP contribution in [-0.4, -0.2) is 34.6 Å². The number of carbonyl (C=O) groups excluding carboxylic acids is 2. The van der Waals surface area contributed by atoms with Gasteiger partial charge in [0.2, 0.25) is 0 Å². The van der Waals surface area contributed by atoms with Crippen LogP contribution in [0.2, 0.25) is 0 Å². The molecule has 76 valence electrons. The molecular weight excluding hydrogens is 184 g/mol. The molecule has 1 atom stereocenters. The van der Waals surface area contributed by atoms with Gasteiger partial charge in [-0.3, -0.25) is 4.79 Å². The molecule has 0 aromatic rings. The van der Waals surface area contributed by atoms with Crippen LogP contribution >= 0.6 is 0 Å². The molecule has 0 saturated heterocycles. The van der Waals surface area contributed by atoms with E-state index in [1.165, 1.54) is 6.92 Å². The molecule has 1 aliphatic rings. The number of aliphatic hydroxyl groups is 1. The second-order valence-electron chi connectivity index (χ2n) is 3.02. The minimum Gasteiger partial charge on any atom is -0.394 e. The van der Waals surface area contributed by atoms with Gasteiger partial charge in [0.05, 0.1) is 5.57 Å². The lowest BCUT2D eigenvalue weighted by molar-refractivity contribution is -0.135. The SMILES string of the molecule is CCN1C(=O)C(N)=C(C)C(=C=O)C1O. The number of nitrogens with two attached hydrogens (primary N) is 1. The third-order valence-electron chi connectivity index (χ3n) is 2.30. The molecule has 0 aromatic heterocycles. The number of likely N-dealkylation sites (N-methyl/N-ethyl adjacent to an activating group) is 1. The first kappa shape index (κ1) is 10.5. The zero-order valence-corrected chi connectivity index (χ0v) is 8.07. The molecule has 0 radical (unpaired) electrons. The summed E-state index contributed by atoms with van der Waals surface area (Å²) in [5.74, 6) is 1.16. The number of nitrogens with zero attached hydrogens (tertiary/aromatic N) is 1. The summed E-state index contributed by atoms with van der Waals surface area (Å²) in [5, 5.41) is 9.60. The van der Waals surface area contributed by atoms with Crippen LogP contribution in [0.25, 0.3) is 0 Å². The molecule has 0 aromatic carbocycles. The van der Waals surface area contributed by atoms with Crippen molar-refractivity contribution < 1.29 is 14.7 Å². The van der Waals surface area contributed by atoms with E-state index in [4.69, 9.17) is 5.73 Å². The Balaban J connectivity index is 3.29. The predicted octanol–water partition coefficient (Wildman–Crippen LogP) is -0.842. The van der Waals surface area contributed by atoms with Crippen molar-refractivity contribution in [1.82, 2.24) is 4.90 Å². The summed E-state index contributed by atoms with van der Waals surface area (Å²) in [4.78, 5) is 23.1. The maximum atomic E-state index is 11.5. The summed E-state index contributed by atoms with van der Waals surface area (Å²) < 4.78 is 0. The zero-order chi connectivity index (χ0) is 10.9. The van der Waals surface area contributed by atoms with Gasteiger partial charge in [-0.1, -0.05) is 0 Å². The smallest absolute Gasteiger partial charge is 0.272 e. The van der Waals surface area contributed by atoms with Crippen molar-refractivity contribution in [3.05, 3.63) is 16.8 Å². The van der Waals surface area contributed by atoms with E-state index in [0.717, 1.165) is 4.90 Å². The largest absolute Gasteiger partial charge is 0.394 e. The summed E-state index contributed by atoms with van der Waals surface area (Å²) in [7, 11) is 0. The Bertz CT molecular complexity index is 353. The first-order valence-electron chi connectivity index (χ1n) is 4.25. The van der Waals surface area contributed by atoms with Gasteiger partial charge in [0, 0.05) is 6.54 Å². The minimum absolute atomic E-state index is 0.00417. The number of aliphatic hydroxyl groups excluding tert-OH is 1. The lowest BCUT2D eigenvalue weighted by Gasteiger charge is -2.32. The number of hydrogen-bond donors (Lipinski definition) is 2. The van der Waals surface area contributed by atoms with E-state index >= 15 is 0 Å². The van der Waals surface area contributed by atoms with Crippen LogP contribution in [0.4, 0.5) is 0 Å². The Hall–Kier alpha value is -1.58. The molecule has 0 spiro atoms. The first-order chi connectivity index (χ1) is 6.54.